The van der Waals surface area contributed by atoms with E-state index in [1.807, 2.05) is 12.1 Å². The van der Waals surface area contributed by atoms with Crippen LogP contribution >= 0.6 is 27.3 Å². The Kier molecular flexibility index (Phi) is 2.36. The van der Waals surface area contributed by atoms with E-state index < -0.39 is 0 Å². The van der Waals surface area contributed by atoms with E-state index in [1.54, 1.807) is 6.07 Å². The van der Waals surface area contributed by atoms with E-state index in [1.165, 1.54) is 11.3 Å². The van der Waals surface area contributed by atoms with Gasteiger partial charge in [-0.15, -0.1) is 11.3 Å². The molecular formula is C9H6BrFOS. The third-order valence-corrected chi connectivity index (χ3v) is 3.42. The molecule has 68 valence electrons. The van der Waals surface area contributed by atoms with Crippen molar-refractivity contribution in [1.82, 2.24) is 0 Å². The molecule has 4 heteroatoms. The van der Waals surface area contributed by atoms with Crippen LogP contribution in [0.25, 0.3) is 10.1 Å². The molecule has 0 aliphatic carbocycles. The van der Waals surface area contributed by atoms with Gasteiger partial charge >= 0.3 is 0 Å². The number of thiophene rings is 1. The zero-order valence-electron chi connectivity index (χ0n) is 6.55. The highest BCUT2D eigenvalue weighted by Gasteiger charge is 2.10. The lowest BCUT2D eigenvalue weighted by Crippen LogP contribution is -1.80. The number of hydrogen-bond acceptors (Lipinski definition) is 2. The molecule has 0 amide bonds. The van der Waals surface area contributed by atoms with E-state index in [9.17, 15) is 4.39 Å². The quantitative estimate of drug-likeness (QED) is 0.835. The van der Waals surface area contributed by atoms with Gasteiger partial charge in [-0.05, 0) is 18.2 Å². The van der Waals surface area contributed by atoms with E-state index >= 15 is 0 Å². The summed E-state index contributed by atoms with van der Waals surface area (Å²) in [5.74, 6) is -0.302. The van der Waals surface area contributed by atoms with Crippen LogP contribution < -0.4 is 0 Å². The molecule has 2 rings (SSSR count). The summed E-state index contributed by atoms with van der Waals surface area (Å²) in [4.78, 5) is 0.396. The zero-order valence-corrected chi connectivity index (χ0v) is 8.95. The Morgan fingerprint density at radius 1 is 1.46 bits per heavy atom. The van der Waals surface area contributed by atoms with Crippen LogP contribution in [0.5, 0.6) is 0 Å². The van der Waals surface area contributed by atoms with E-state index in [4.69, 9.17) is 5.11 Å². The second kappa shape index (κ2) is 3.36. The van der Waals surface area contributed by atoms with Crippen molar-refractivity contribution in [3.8, 4) is 0 Å². The van der Waals surface area contributed by atoms with E-state index in [-0.39, 0.29) is 12.4 Å². The SMILES string of the molecule is OCc1sc2ccc(Br)cc2c1F. The smallest absolute Gasteiger partial charge is 0.147 e. The summed E-state index contributed by atoms with van der Waals surface area (Å²) in [6.45, 7) is -0.233. The van der Waals surface area contributed by atoms with Crippen LogP contribution in [0.3, 0.4) is 0 Å². The minimum Gasteiger partial charge on any atom is -0.391 e. The van der Waals surface area contributed by atoms with Gasteiger partial charge in [0.15, 0.2) is 0 Å². The van der Waals surface area contributed by atoms with Gasteiger partial charge in [-0.1, -0.05) is 15.9 Å². The van der Waals surface area contributed by atoms with Crippen LogP contribution in [0.1, 0.15) is 4.88 Å². The summed E-state index contributed by atoms with van der Waals surface area (Å²) < 4.78 is 15.2. The van der Waals surface area contributed by atoms with Crippen LogP contribution in [0, 0.1) is 5.82 Å². The number of aliphatic hydroxyl groups is 1. The lowest BCUT2D eigenvalue weighted by Gasteiger charge is -1.90. The Morgan fingerprint density at radius 2 is 2.23 bits per heavy atom. The molecule has 1 nitrogen and oxygen atoms in total. The first-order chi connectivity index (χ1) is 6.22. The fourth-order valence-corrected chi connectivity index (χ4v) is 2.48. The maximum atomic E-state index is 13.4. The van der Waals surface area contributed by atoms with Crippen molar-refractivity contribution in [1.29, 1.82) is 0 Å². The number of rotatable bonds is 1. The van der Waals surface area contributed by atoms with Crippen LogP contribution in [0.15, 0.2) is 22.7 Å². The third-order valence-electron chi connectivity index (χ3n) is 1.80. The first kappa shape index (κ1) is 9.12. The average molecular weight is 261 g/mol. The molecular weight excluding hydrogens is 255 g/mol. The van der Waals surface area contributed by atoms with Gasteiger partial charge in [0.25, 0.3) is 0 Å². The van der Waals surface area contributed by atoms with Gasteiger partial charge in [0, 0.05) is 14.6 Å². The second-order valence-electron chi connectivity index (χ2n) is 2.64. The maximum Gasteiger partial charge on any atom is 0.147 e. The topological polar surface area (TPSA) is 20.2 Å². The molecule has 13 heavy (non-hydrogen) atoms. The molecule has 0 saturated carbocycles. The summed E-state index contributed by atoms with van der Waals surface area (Å²) in [5, 5.41) is 9.42. The fraction of sp³-hybridized carbons (Fsp3) is 0.111. The van der Waals surface area contributed by atoms with Gasteiger partial charge in [0.1, 0.15) is 5.82 Å². The summed E-state index contributed by atoms with van der Waals surface area (Å²) in [5.41, 5.74) is 0. The second-order valence-corrected chi connectivity index (χ2v) is 4.69. The van der Waals surface area contributed by atoms with Crippen LogP contribution in [-0.2, 0) is 6.61 Å². The molecule has 1 N–H and O–H groups in total. The van der Waals surface area contributed by atoms with E-state index in [0.29, 0.717) is 10.3 Å². The first-order valence-corrected chi connectivity index (χ1v) is 5.30. The highest BCUT2D eigenvalue weighted by atomic mass is 79.9. The number of benzene rings is 1. The molecule has 0 spiro atoms. The van der Waals surface area contributed by atoms with Crippen molar-refractivity contribution in [3.63, 3.8) is 0 Å². The van der Waals surface area contributed by atoms with Gasteiger partial charge < -0.3 is 5.11 Å². The summed E-state index contributed by atoms with van der Waals surface area (Å²) in [6.07, 6.45) is 0. The van der Waals surface area contributed by atoms with Crippen LogP contribution in [-0.4, -0.2) is 5.11 Å². The Labute approximate surface area is 86.9 Å². The first-order valence-electron chi connectivity index (χ1n) is 3.69. The minimum absolute atomic E-state index is 0.233. The Hall–Kier alpha value is -0.450. The fourth-order valence-electron chi connectivity index (χ4n) is 1.19. The third kappa shape index (κ3) is 1.49. The number of halogens is 2. The van der Waals surface area contributed by atoms with Crippen molar-refractivity contribution in [3.05, 3.63) is 33.4 Å². The van der Waals surface area contributed by atoms with Crippen molar-refractivity contribution >= 4 is 37.4 Å². The highest BCUT2D eigenvalue weighted by Crippen LogP contribution is 2.31. The molecule has 0 fully saturated rings. The van der Waals surface area contributed by atoms with Gasteiger partial charge in [0.2, 0.25) is 0 Å². The number of hydrogen-bond donors (Lipinski definition) is 1. The molecule has 0 radical (unpaired) electrons. The molecule has 1 heterocycles. The van der Waals surface area contributed by atoms with Crippen LogP contribution in [0.4, 0.5) is 4.39 Å². The molecule has 2 aromatic rings. The predicted molar refractivity (Wildman–Crippen MR) is 55.4 cm³/mol. The molecule has 0 unspecified atom stereocenters. The highest BCUT2D eigenvalue weighted by molar-refractivity contribution is 9.10. The molecule has 1 aromatic heterocycles. The molecule has 0 aliphatic heterocycles. The number of fused-ring (bicyclic) bond motifs is 1. The van der Waals surface area contributed by atoms with Crippen molar-refractivity contribution in [2.75, 3.05) is 0 Å². The Bertz CT molecular complexity index is 452. The minimum atomic E-state index is -0.302. The largest absolute Gasteiger partial charge is 0.391 e. The molecule has 1 aromatic carbocycles. The standard InChI is InChI=1S/C9H6BrFOS/c10-5-1-2-7-6(3-5)9(11)8(4-12)13-7/h1-3,12H,4H2. The Morgan fingerprint density at radius 3 is 2.92 bits per heavy atom. The molecule has 0 bridgehead atoms. The molecule has 0 saturated heterocycles. The normalized spacial score (nSPS) is 11.0. The molecule has 0 aliphatic rings. The van der Waals surface area contributed by atoms with Crippen molar-refractivity contribution in [2.45, 2.75) is 6.61 Å². The molecule has 0 atom stereocenters. The van der Waals surface area contributed by atoms with E-state index in [0.717, 1.165) is 9.17 Å². The lowest BCUT2D eigenvalue weighted by molar-refractivity contribution is 0.280. The van der Waals surface area contributed by atoms with Crippen molar-refractivity contribution in [2.24, 2.45) is 0 Å². The summed E-state index contributed by atoms with van der Waals surface area (Å²) in [7, 11) is 0. The maximum absolute atomic E-state index is 13.4. The zero-order chi connectivity index (χ0) is 9.42. The lowest BCUT2D eigenvalue weighted by atomic mass is 10.2. The summed E-state index contributed by atoms with van der Waals surface area (Å²) in [6, 6.07) is 5.42. The van der Waals surface area contributed by atoms with Gasteiger partial charge in [-0.3, -0.25) is 0 Å². The monoisotopic (exact) mass is 260 g/mol. The Balaban J connectivity index is 2.77. The van der Waals surface area contributed by atoms with E-state index in [2.05, 4.69) is 15.9 Å². The average Bonchev–Trinajstić information content (AvgIpc) is 2.44. The predicted octanol–water partition coefficient (Wildman–Crippen LogP) is 3.30. The van der Waals surface area contributed by atoms with Gasteiger partial charge in [0.05, 0.1) is 11.5 Å². The van der Waals surface area contributed by atoms with Gasteiger partial charge in [-0.25, -0.2) is 4.39 Å². The summed E-state index contributed by atoms with van der Waals surface area (Å²) >= 11 is 4.56. The number of aliphatic hydroxyl groups excluding tert-OH is 1. The van der Waals surface area contributed by atoms with Crippen LogP contribution in [0.2, 0.25) is 0 Å². The van der Waals surface area contributed by atoms with Gasteiger partial charge in [-0.2, -0.15) is 0 Å². The van der Waals surface area contributed by atoms with Crippen molar-refractivity contribution < 1.29 is 9.50 Å².